The lowest BCUT2D eigenvalue weighted by Gasteiger charge is -2.20. The minimum atomic E-state index is -0.165. The van der Waals surface area contributed by atoms with Crippen molar-refractivity contribution in [1.82, 2.24) is 5.32 Å². The third-order valence-electron chi connectivity index (χ3n) is 3.39. The van der Waals surface area contributed by atoms with E-state index in [2.05, 4.69) is 5.32 Å². The van der Waals surface area contributed by atoms with Crippen LogP contribution in [-0.4, -0.2) is 25.2 Å². The van der Waals surface area contributed by atoms with E-state index in [4.69, 9.17) is 16.2 Å². The third kappa shape index (κ3) is 2.56. The van der Waals surface area contributed by atoms with Crippen molar-refractivity contribution in [3.63, 3.8) is 0 Å². The number of carbonyl (C=O) groups excluding carboxylic acids is 1. The van der Waals surface area contributed by atoms with Gasteiger partial charge in [0.1, 0.15) is 0 Å². The van der Waals surface area contributed by atoms with E-state index in [0.717, 1.165) is 19.3 Å². The molecule has 2 rings (SSSR count). The number of nitrogens with one attached hydrogen (secondary N) is 1. The smallest absolute Gasteiger partial charge is 0.253 e. The summed E-state index contributed by atoms with van der Waals surface area (Å²) in [4.78, 5) is 12.1. The Bertz CT molecular complexity index is 448. The molecule has 0 bridgehead atoms. The van der Waals surface area contributed by atoms with Crippen LogP contribution in [0.2, 0.25) is 0 Å². The number of hydrogen-bond acceptors (Lipinski definition) is 4. The van der Waals surface area contributed by atoms with Crippen LogP contribution < -0.4 is 16.8 Å². The first-order valence-electron chi connectivity index (χ1n) is 6.10. The van der Waals surface area contributed by atoms with Gasteiger partial charge >= 0.3 is 0 Å². The summed E-state index contributed by atoms with van der Waals surface area (Å²) in [5, 5.41) is 2.97. The molecule has 1 amide bonds. The largest absolute Gasteiger partial charge is 0.399 e. The highest BCUT2D eigenvalue weighted by Crippen LogP contribution is 2.23. The molecule has 2 atom stereocenters. The molecule has 0 saturated heterocycles. The second kappa shape index (κ2) is 5.27. The minimum absolute atomic E-state index is 0.0689. The number of rotatable bonds is 3. The van der Waals surface area contributed by atoms with Crippen molar-refractivity contribution >= 4 is 17.3 Å². The Labute approximate surface area is 106 Å². The zero-order valence-electron chi connectivity index (χ0n) is 10.5. The van der Waals surface area contributed by atoms with Gasteiger partial charge in [-0.1, -0.05) is 0 Å². The van der Waals surface area contributed by atoms with E-state index in [0.29, 0.717) is 16.9 Å². The Morgan fingerprint density at radius 2 is 2.17 bits per heavy atom. The second-order valence-electron chi connectivity index (χ2n) is 4.63. The van der Waals surface area contributed by atoms with Crippen LogP contribution in [0.5, 0.6) is 0 Å². The SMILES string of the molecule is COC1CCCC1NC(=O)c1ccc(N)cc1N. The van der Waals surface area contributed by atoms with E-state index in [1.807, 2.05) is 0 Å². The van der Waals surface area contributed by atoms with Gasteiger partial charge in [0.15, 0.2) is 0 Å². The molecule has 98 valence electrons. The van der Waals surface area contributed by atoms with Crippen LogP contribution in [0.1, 0.15) is 29.6 Å². The zero-order valence-corrected chi connectivity index (χ0v) is 10.5. The standard InChI is InChI=1S/C13H19N3O2/c1-18-12-4-2-3-11(12)16-13(17)9-6-5-8(14)7-10(9)15/h5-7,11-12H,2-4,14-15H2,1H3,(H,16,17). The first kappa shape index (κ1) is 12.7. The Balaban J connectivity index is 2.07. The Kier molecular flexibility index (Phi) is 3.72. The highest BCUT2D eigenvalue weighted by molar-refractivity contribution is 5.99. The Hall–Kier alpha value is -1.75. The average molecular weight is 249 g/mol. The van der Waals surface area contributed by atoms with Crippen molar-refractivity contribution in [3.05, 3.63) is 23.8 Å². The molecule has 1 aliphatic rings. The van der Waals surface area contributed by atoms with Gasteiger partial charge in [0.05, 0.1) is 17.7 Å². The number of ether oxygens (including phenoxy) is 1. The van der Waals surface area contributed by atoms with E-state index in [-0.39, 0.29) is 18.1 Å². The molecule has 5 heteroatoms. The summed E-state index contributed by atoms with van der Waals surface area (Å²) in [6.07, 6.45) is 3.10. The highest BCUT2D eigenvalue weighted by atomic mass is 16.5. The van der Waals surface area contributed by atoms with Gasteiger partial charge in [-0.2, -0.15) is 0 Å². The number of anilines is 2. The van der Waals surface area contributed by atoms with E-state index >= 15 is 0 Å². The summed E-state index contributed by atoms with van der Waals surface area (Å²) in [7, 11) is 1.67. The number of nitrogens with two attached hydrogens (primary N) is 2. The van der Waals surface area contributed by atoms with Gasteiger partial charge < -0.3 is 21.5 Å². The van der Waals surface area contributed by atoms with Crippen LogP contribution in [0.3, 0.4) is 0 Å². The molecule has 1 fully saturated rings. The van der Waals surface area contributed by atoms with Crippen molar-refractivity contribution in [2.24, 2.45) is 0 Å². The van der Waals surface area contributed by atoms with Crippen molar-refractivity contribution < 1.29 is 9.53 Å². The molecule has 0 aliphatic heterocycles. The van der Waals surface area contributed by atoms with E-state index < -0.39 is 0 Å². The monoisotopic (exact) mass is 249 g/mol. The molecule has 2 unspecified atom stereocenters. The Morgan fingerprint density at radius 1 is 1.39 bits per heavy atom. The molecule has 1 aliphatic carbocycles. The first-order chi connectivity index (χ1) is 8.61. The lowest BCUT2D eigenvalue weighted by Crippen LogP contribution is -2.40. The van der Waals surface area contributed by atoms with Crippen LogP contribution in [-0.2, 0) is 4.74 Å². The molecular weight excluding hydrogens is 230 g/mol. The van der Waals surface area contributed by atoms with Crippen molar-refractivity contribution in [1.29, 1.82) is 0 Å². The molecule has 1 aromatic rings. The van der Waals surface area contributed by atoms with E-state index in [1.54, 1.807) is 25.3 Å². The maximum atomic E-state index is 12.1. The van der Waals surface area contributed by atoms with Crippen LogP contribution in [0, 0.1) is 0 Å². The molecule has 1 saturated carbocycles. The number of nitrogen functional groups attached to an aromatic ring is 2. The molecule has 5 N–H and O–H groups in total. The lowest BCUT2D eigenvalue weighted by molar-refractivity contribution is 0.0723. The van der Waals surface area contributed by atoms with Crippen molar-refractivity contribution in [3.8, 4) is 0 Å². The molecule has 0 radical (unpaired) electrons. The predicted octanol–water partition coefficient (Wildman–Crippen LogP) is 1.15. The minimum Gasteiger partial charge on any atom is -0.399 e. The van der Waals surface area contributed by atoms with Gasteiger partial charge in [-0.05, 0) is 37.5 Å². The number of hydrogen-bond donors (Lipinski definition) is 3. The fourth-order valence-corrected chi connectivity index (χ4v) is 2.41. The summed E-state index contributed by atoms with van der Waals surface area (Å²) < 4.78 is 5.34. The van der Waals surface area contributed by atoms with Crippen LogP contribution in [0.4, 0.5) is 11.4 Å². The first-order valence-corrected chi connectivity index (χ1v) is 6.10. The zero-order chi connectivity index (χ0) is 13.1. The molecule has 5 nitrogen and oxygen atoms in total. The van der Waals surface area contributed by atoms with Gasteiger partial charge in [-0.25, -0.2) is 0 Å². The normalized spacial score (nSPS) is 22.9. The van der Waals surface area contributed by atoms with Crippen molar-refractivity contribution in [2.45, 2.75) is 31.4 Å². The summed E-state index contributed by atoms with van der Waals surface area (Å²) in [5.41, 5.74) is 12.8. The van der Waals surface area contributed by atoms with Gasteiger partial charge in [0.25, 0.3) is 5.91 Å². The van der Waals surface area contributed by atoms with Gasteiger partial charge in [0, 0.05) is 18.5 Å². The Morgan fingerprint density at radius 3 is 2.83 bits per heavy atom. The predicted molar refractivity (Wildman–Crippen MR) is 71.2 cm³/mol. The molecule has 18 heavy (non-hydrogen) atoms. The van der Waals surface area contributed by atoms with Crippen LogP contribution in [0.15, 0.2) is 18.2 Å². The molecular formula is C13H19N3O2. The fraction of sp³-hybridized carbons (Fsp3) is 0.462. The molecule has 0 heterocycles. The number of carbonyl (C=O) groups is 1. The maximum Gasteiger partial charge on any atom is 0.253 e. The summed E-state index contributed by atoms with van der Waals surface area (Å²) >= 11 is 0. The van der Waals surface area contributed by atoms with Gasteiger partial charge in [-0.15, -0.1) is 0 Å². The van der Waals surface area contributed by atoms with Gasteiger partial charge in [-0.3, -0.25) is 4.79 Å². The second-order valence-corrected chi connectivity index (χ2v) is 4.63. The van der Waals surface area contributed by atoms with Crippen LogP contribution in [0.25, 0.3) is 0 Å². The fourth-order valence-electron chi connectivity index (χ4n) is 2.41. The van der Waals surface area contributed by atoms with E-state index in [9.17, 15) is 4.79 Å². The molecule has 0 aromatic heterocycles. The van der Waals surface area contributed by atoms with Crippen molar-refractivity contribution in [2.75, 3.05) is 18.6 Å². The number of methoxy groups -OCH3 is 1. The lowest BCUT2D eigenvalue weighted by atomic mass is 10.1. The van der Waals surface area contributed by atoms with E-state index in [1.165, 1.54) is 0 Å². The molecule has 1 aromatic carbocycles. The summed E-state index contributed by atoms with van der Waals surface area (Å²) in [6, 6.07) is 4.99. The third-order valence-corrected chi connectivity index (χ3v) is 3.39. The molecule has 0 spiro atoms. The topological polar surface area (TPSA) is 90.4 Å². The highest BCUT2D eigenvalue weighted by Gasteiger charge is 2.28. The maximum absolute atomic E-state index is 12.1. The van der Waals surface area contributed by atoms with Gasteiger partial charge in [0.2, 0.25) is 0 Å². The van der Waals surface area contributed by atoms with Crippen LogP contribution >= 0.6 is 0 Å². The summed E-state index contributed by atoms with van der Waals surface area (Å²) in [6.45, 7) is 0. The quantitative estimate of drug-likeness (QED) is 0.701. The summed E-state index contributed by atoms with van der Waals surface area (Å²) in [5.74, 6) is -0.165. The number of amides is 1. The number of benzene rings is 1. The average Bonchev–Trinajstić information content (AvgIpc) is 2.76.